The van der Waals surface area contributed by atoms with Gasteiger partial charge in [0.25, 0.3) is 0 Å². The van der Waals surface area contributed by atoms with E-state index in [0.29, 0.717) is 11.9 Å². The van der Waals surface area contributed by atoms with Crippen LogP contribution in [0.2, 0.25) is 0 Å². The number of benzene rings is 1. The zero-order valence-electron chi connectivity index (χ0n) is 12.7. The van der Waals surface area contributed by atoms with Crippen LogP contribution in [0.4, 0.5) is 0 Å². The summed E-state index contributed by atoms with van der Waals surface area (Å²) in [6, 6.07) is 6.50. The molecule has 1 saturated heterocycles. The van der Waals surface area contributed by atoms with Crippen molar-refractivity contribution < 1.29 is 4.74 Å². The van der Waals surface area contributed by atoms with Gasteiger partial charge in [0.15, 0.2) is 0 Å². The van der Waals surface area contributed by atoms with Crippen molar-refractivity contribution in [1.29, 1.82) is 0 Å². The second kappa shape index (κ2) is 6.24. The fourth-order valence-electron chi connectivity index (χ4n) is 3.15. The van der Waals surface area contributed by atoms with E-state index >= 15 is 0 Å². The lowest BCUT2D eigenvalue weighted by atomic mass is 10.2. The van der Waals surface area contributed by atoms with Crippen molar-refractivity contribution in [3.05, 3.63) is 24.0 Å². The summed E-state index contributed by atoms with van der Waals surface area (Å²) in [7, 11) is 1.69. The van der Waals surface area contributed by atoms with Gasteiger partial charge in [-0.2, -0.15) is 0 Å². The van der Waals surface area contributed by atoms with Crippen LogP contribution in [0.1, 0.15) is 25.6 Å². The predicted octanol–water partition coefficient (Wildman–Crippen LogP) is 3.27. The van der Waals surface area contributed by atoms with Crippen LogP contribution in [0.15, 0.2) is 18.2 Å². The van der Waals surface area contributed by atoms with Gasteiger partial charge in [0.1, 0.15) is 11.6 Å². The number of hydrogen-bond acceptors (Lipinski definition) is 3. The summed E-state index contributed by atoms with van der Waals surface area (Å²) in [6.07, 6.45) is 2.62. The van der Waals surface area contributed by atoms with Crippen molar-refractivity contribution >= 4 is 22.6 Å². The highest BCUT2D eigenvalue weighted by atomic mass is 35.5. The minimum Gasteiger partial charge on any atom is -0.497 e. The molecule has 1 aliphatic rings. The number of rotatable bonds is 5. The minimum absolute atomic E-state index is 0.434. The molecule has 1 atom stereocenters. The average molecular weight is 308 g/mol. The van der Waals surface area contributed by atoms with Gasteiger partial charge in [-0.1, -0.05) is 0 Å². The number of fused-ring (bicyclic) bond motifs is 1. The standard InChI is InChI=1S/C16H22ClN3O/c1-12(19-7-3-4-8-19)11-20-15-9-13(21-2)5-6-14(15)18-16(20)10-17/h5-6,9,12H,3-4,7-8,10-11H2,1-2H3. The van der Waals surface area contributed by atoms with E-state index in [4.69, 9.17) is 16.3 Å². The Bertz CT molecular complexity index is 619. The van der Waals surface area contributed by atoms with Gasteiger partial charge in [0.2, 0.25) is 0 Å². The smallest absolute Gasteiger partial charge is 0.124 e. The van der Waals surface area contributed by atoms with E-state index in [9.17, 15) is 0 Å². The number of imidazole rings is 1. The first-order valence-corrected chi connectivity index (χ1v) is 8.09. The number of aromatic nitrogens is 2. The Morgan fingerprint density at radius 3 is 2.76 bits per heavy atom. The monoisotopic (exact) mass is 307 g/mol. The molecule has 1 aliphatic heterocycles. The summed E-state index contributed by atoms with van der Waals surface area (Å²) in [4.78, 5) is 7.19. The molecule has 21 heavy (non-hydrogen) atoms. The second-order valence-electron chi connectivity index (χ2n) is 5.72. The number of nitrogens with zero attached hydrogens (tertiary/aromatic N) is 3. The fraction of sp³-hybridized carbons (Fsp3) is 0.562. The van der Waals surface area contributed by atoms with E-state index in [1.165, 1.54) is 25.9 Å². The number of alkyl halides is 1. The Labute approximate surface area is 130 Å². The summed E-state index contributed by atoms with van der Waals surface area (Å²) in [5.41, 5.74) is 2.09. The molecule has 0 saturated carbocycles. The zero-order valence-corrected chi connectivity index (χ0v) is 13.4. The van der Waals surface area contributed by atoms with E-state index in [2.05, 4.69) is 27.4 Å². The molecule has 4 nitrogen and oxygen atoms in total. The molecule has 114 valence electrons. The van der Waals surface area contributed by atoms with Crippen LogP contribution < -0.4 is 4.74 Å². The van der Waals surface area contributed by atoms with Gasteiger partial charge in [0.05, 0.1) is 24.0 Å². The maximum Gasteiger partial charge on any atom is 0.124 e. The summed E-state index contributed by atoms with van der Waals surface area (Å²) in [6.45, 7) is 5.61. The molecule has 3 rings (SSSR count). The van der Waals surface area contributed by atoms with Crippen LogP contribution in [0.5, 0.6) is 5.75 Å². The molecule has 1 unspecified atom stereocenters. The summed E-state index contributed by atoms with van der Waals surface area (Å²) < 4.78 is 7.58. The van der Waals surface area contributed by atoms with Gasteiger partial charge >= 0.3 is 0 Å². The summed E-state index contributed by atoms with van der Waals surface area (Å²) in [5.74, 6) is 2.23. The van der Waals surface area contributed by atoms with Crippen LogP contribution in [0.3, 0.4) is 0 Å². The number of hydrogen-bond donors (Lipinski definition) is 0. The molecule has 0 N–H and O–H groups in total. The lowest BCUT2D eigenvalue weighted by molar-refractivity contribution is 0.236. The summed E-state index contributed by atoms with van der Waals surface area (Å²) in [5, 5.41) is 0. The van der Waals surface area contributed by atoms with Crippen molar-refractivity contribution in [3.8, 4) is 5.75 Å². The highest BCUT2D eigenvalue weighted by Gasteiger charge is 2.20. The molecule has 0 aliphatic carbocycles. The molecule has 1 aromatic carbocycles. The summed E-state index contributed by atoms with van der Waals surface area (Å²) >= 11 is 6.09. The maximum absolute atomic E-state index is 6.09. The molecule has 0 spiro atoms. The highest BCUT2D eigenvalue weighted by molar-refractivity contribution is 6.16. The largest absolute Gasteiger partial charge is 0.497 e. The molecule has 2 heterocycles. The molecule has 0 amide bonds. The second-order valence-corrected chi connectivity index (χ2v) is 5.99. The van der Waals surface area contributed by atoms with Crippen molar-refractivity contribution in [1.82, 2.24) is 14.5 Å². The molecule has 0 radical (unpaired) electrons. The number of halogens is 1. The molecule has 1 aromatic heterocycles. The lowest BCUT2D eigenvalue weighted by Crippen LogP contribution is -2.34. The number of likely N-dealkylation sites (tertiary alicyclic amines) is 1. The number of ether oxygens (including phenoxy) is 1. The lowest BCUT2D eigenvalue weighted by Gasteiger charge is -2.25. The van der Waals surface area contributed by atoms with Crippen LogP contribution in [0, 0.1) is 0 Å². The zero-order chi connectivity index (χ0) is 14.8. The van der Waals surface area contributed by atoms with Crippen molar-refractivity contribution in [2.24, 2.45) is 0 Å². The van der Waals surface area contributed by atoms with Gasteiger partial charge in [0, 0.05) is 18.7 Å². The molecule has 1 fully saturated rings. The first kappa shape index (κ1) is 14.7. The van der Waals surface area contributed by atoms with Crippen molar-refractivity contribution in [2.75, 3.05) is 20.2 Å². The third-order valence-electron chi connectivity index (χ3n) is 4.36. The first-order chi connectivity index (χ1) is 10.2. The van der Waals surface area contributed by atoms with E-state index in [1.807, 2.05) is 12.1 Å². The first-order valence-electron chi connectivity index (χ1n) is 7.56. The average Bonchev–Trinajstić information content (AvgIpc) is 3.14. The topological polar surface area (TPSA) is 30.3 Å². The Balaban J connectivity index is 1.94. The van der Waals surface area contributed by atoms with Gasteiger partial charge < -0.3 is 9.30 Å². The number of methoxy groups -OCH3 is 1. The van der Waals surface area contributed by atoms with E-state index in [0.717, 1.165) is 29.2 Å². The van der Waals surface area contributed by atoms with Crippen molar-refractivity contribution in [3.63, 3.8) is 0 Å². The molecular weight excluding hydrogens is 286 g/mol. The normalized spacial score (nSPS) is 17.5. The Morgan fingerprint density at radius 2 is 2.10 bits per heavy atom. The van der Waals surface area contributed by atoms with Crippen LogP contribution in [-0.2, 0) is 12.4 Å². The predicted molar refractivity (Wildman–Crippen MR) is 86.1 cm³/mol. The Kier molecular flexibility index (Phi) is 4.36. The molecule has 2 aromatic rings. The fourth-order valence-corrected chi connectivity index (χ4v) is 3.35. The Morgan fingerprint density at radius 1 is 1.33 bits per heavy atom. The molecule has 0 bridgehead atoms. The van der Waals surface area contributed by atoms with Gasteiger partial charge in [-0.3, -0.25) is 4.90 Å². The van der Waals surface area contributed by atoms with E-state index < -0.39 is 0 Å². The van der Waals surface area contributed by atoms with Gasteiger partial charge in [-0.15, -0.1) is 11.6 Å². The SMILES string of the molecule is COc1ccc2nc(CCl)n(CC(C)N3CCCC3)c2c1. The molecular formula is C16H22ClN3O. The van der Waals surface area contributed by atoms with Gasteiger partial charge in [-0.05, 0) is 45.0 Å². The molecule has 5 heteroatoms. The Hall–Kier alpha value is -1.26. The van der Waals surface area contributed by atoms with E-state index in [-0.39, 0.29) is 0 Å². The third-order valence-corrected chi connectivity index (χ3v) is 4.60. The quantitative estimate of drug-likeness (QED) is 0.794. The van der Waals surface area contributed by atoms with Crippen LogP contribution in [0.25, 0.3) is 11.0 Å². The van der Waals surface area contributed by atoms with Crippen molar-refractivity contribution in [2.45, 2.75) is 38.2 Å². The van der Waals surface area contributed by atoms with Crippen LogP contribution >= 0.6 is 11.6 Å². The maximum atomic E-state index is 6.09. The van der Waals surface area contributed by atoms with E-state index in [1.54, 1.807) is 7.11 Å². The third kappa shape index (κ3) is 2.87. The van der Waals surface area contributed by atoms with Gasteiger partial charge in [-0.25, -0.2) is 4.98 Å². The highest BCUT2D eigenvalue weighted by Crippen LogP contribution is 2.24. The van der Waals surface area contributed by atoms with Crippen LogP contribution in [-0.4, -0.2) is 40.7 Å². The minimum atomic E-state index is 0.434.